The highest BCUT2D eigenvalue weighted by Gasteiger charge is 2.33. The van der Waals surface area contributed by atoms with E-state index in [1.165, 1.54) is 7.05 Å². The molecule has 0 fully saturated rings. The minimum absolute atomic E-state index is 0.143. The lowest BCUT2D eigenvalue weighted by atomic mass is 10.2. The number of anilines is 1. The summed E-state index contributed by atoms with van der Waals surface area (Å²) >= 11 is 35.0. The van der Waals surface area contributed by atoms with Crippen molar-refractivity contribution in [3.63, 3.8) is 0 Å². The number of halogens is 6. The zero-order chi connectivity index (χ0) is 18.8. The maximum Gasteiger partial charge on any atom is 0.318 e. The third-order valence-electron chi connectivity index (χ3n) is 2.77. The predicted octanol–water partition coefficient (Wildman–Crippen LogP) is 4.94. The van der Waals surface area contributed by atoms with Crippen LogP contribution in [0, 0.1) is 0 Å². The fourth-order valence-electron chi connectivity index (χ4n) is 1.65. The number of carbonyl (C=O) groups is 1. The van der Waals surface area contributed by atoms with E-state index >= 15 is 0 Å². The minimum atomic E-state index is -1.93. The lowest BCUT2D eigenvalue weighted by Gasteiger charge is -2.15. The van der Waals surface area contributed by atoms with E-state index in [9.17, 15) is 4.79 Å². The van der Waals surface area contributed by atoms with Gasteiger partial charge in [-0.15, -0.1) is 0 Å². The molecule has 134 valence electrons. The SMILES string of the molecule is CNC(=O)Nc1ccc(-c2nc(C(Cl)(Cl)Cl)nc(C(Cl)(Cl)Cl)n2)cc1. The zero-order valence-corrected chi connectivity index (χ0v) is 16.9. The van der Waals surface area contributed by atoms with Gasteiger partial charge in [-0.1, -0.05) is 69.6 Å². The number of alkyl halides is 6. The number of benzene rings is 1. The van der Waals surface area contributed by atoms with Gasteiger partial charge in [0.15, 0.2) is 17.5 Å². The Labute approximate surface area is 173 Å². The van der Waals surface area contributed by atoms with Gasteiger partial charge in [0, 0.05) is 18.3 Å². The van der Waals surface area contributed by atoms with E-state index in [-0.39, 0.29) is 23.5 Å². The van der Waals surface area contributed by atoms with Crippen LogP contribution < -0.4 is 10.6 Å². The van der Waals surface area contributed by atoms with Gasteiger partial charge < -0.3 is 10.6 Å². The van der Waals surface area contributed by atoms with Crippen molar-refractivity contribution in [3.8, 4) is 11.4 Å². The van der Waals surface area contributed by atoms with E-state index in [4.69, 9.17) is 69.6 Å². The summed E-state index contributed by atoms with van der Waals surface area (Å²) in [5.74, 6) is -0.225. The molecule has 0 spiro atoms. The Morgan fingerprint density at radius 3 is 1.76 bits per heavy atom. The highest BCUT2D eigenvalue weighted by molar-refractivity contribution is 6.67. The standard InChI is InChI=1S/C13H9Cl6N5O/c1-20-11(25)21-7-4-2-6(3-5-7)8-22-9(12(14,15)16)24-10(23-8)13(17,18)19/h2-5H,1H3,(H2,20,21,25). The molecule has 25 heavy (non-hydrogen) atoms. The summed E-state index contributed by atoms with van der Waals surface area (Å²) in [5, 5.41) is 5.05. The number of hydrogen-bond donors (Lipinski definition) is 2. The molecular weight excluding hydrogens is 455 g/mol. The van der Waals surface area contributed by atoms with Gasteiger partial charge in [-0.2, -0.15) is 0 Å². The Bertz CT molecular complexity index is 740. The molecule has 0 aliphatic heterocycles. The first-order chi connectivity index (χ1) is 11.5. The van der Waals surface area contributed by atoms with Crippen molar-refractivity contribution in [2.24, 2.45) is 0 Å². The molecular formula is C13H9Cl6N5O. The molecule has 2 rings (SSSR count). The van der Waals surface area contributed by atoms with E-state index in [2.05, 4.69) is 25.6 Å². The molecule has 2 aromatic rings. The number of rotatable bonds is 2. The molecule has 0 atom stereocenters. The second kappa shape index (κ2) is 7.86. The first kappa shape index (κ1) is 20.6. The number of nitrogens with zero attached hydrogens (tertiary/aromatic N) is 3. The highest BCUT2D eigenvalue weighted by atomic mass is 35.6. The maximum absolute atomic E-state index is 11.3. The van der Waals surface area contributed by atoms with Gasteiger partial charge >= 0.3 is 6.03 Å². The first-order valence-electron chi connectivity index (χ1n) is 6.50. The maximum atomic E-state index is 11.3. The molecule has 0 radical (unpaired) electrons. The van der Waals surface area contributed by atoms with E-state index < -0.39 is 7.59 Å². The molecule has 2 amide bonds. The average Bonchev–Trinajstić information content (AvgIpc) is 2.53. The highest BCUT2D eigenvalue weighted by Crippen LogP contribution is 2.40. The van der Waals surface area contributed by atoms with Crippen LogP contribution in [-0.2, 0) is 7.59 Å². The summed E-state index contributed by atoms with van der Waals surface area (Å²) in [5.41, 5.74) is 1.09. The second-order valence-corrected chi connectivity index (χ2v) is 9.15. The average molecular weight is 464 g/mol. The van der Waals surface area contributed by atoms with Gasteiger partial charge in [0.1, 0.15) is 0 Å². The second-order valence-electron chi connectivity index (χ2n) is 4.58. The van der Waals surface area contributed by atoms with Crippen LogP contribution in [0.25, 0.3) is 11.4 Å². The largest absolute Gasteiger partial charge is 0.341 e. The zero-order valence-electron chi connectivity index (χ0n) is 12.3. The van der Waals surface area contributed by atoms with Crippen LogP contribution in [0.2, 0.25) is 0 Å². The number of nitrogens with one attached hydrogen (secondary N) is 2. The van der Waals surface area contributed by atoms with Crippen molar-refractivity contribution in [2.45, 2.75) is 7.59 Å². The van der Waals surface area contributed by atoms with Crippen LogP contribution >= 0.6 is 69.6 Å². The van der Waals surface area contributed by atoms with Gasteiger partial charge in [0.05, 0.1) is 0 Å². The van der Waals surface area contributed by atoms with Crippen LogP contribution in [0.4, 0.5) is 10.5 Å². The number of urea groups is 1. The van der Waals surface area contributed by atoms with E-state index in [0.717, 1.165) is 0 Å². The molecule has 0 bridgehead atoms. The summed E-state index contributed by atoms with van der Waals surface area (Å²) in [6.45, 7) is 0. The third kappa shape index (κ3) is 5.61. The lowest BCUT2D eigenvalue weighted by Crippen LogP contribution is -2.24. The summed E-state index contributed by atoms with van der Waals surface area (Å²) < 4.78 is -3.86. The molecule has 0 unspecified atom stereocenters. The van der Waals surface area contributed by atoms with Crippen LogP contribution in [0.15, 0.2) is 24.3 Å². The fraction of sp³-hybridized carbons (Fsp3) is 0.231. The van der Waals surface area contributed by atoms with Crippen LogP contribution in [0.1, 0.15) is 11.6 Å². The molecule has 0 saturated carbocycles. The normalized spacial score (nSPS) is 12.0. The van der Waals surface area contributed by atoms with E-state index in [1.807, 2.05) is 0 Å². The molecule has 0 aliphatic carbocycles. The molecule has 0 saturated heterocycles. The minimum Gasteiger partial charge on any atom is -0.341 e. The molecule has 2 N–H and O–H groups in total. The summed E-state index contributed by atoms with van der Waals surface area (Å²) in [6.07, 6.45) is 0. The number of hydrogen-bond acceptors (Lipinski definition) is 4. The van der Waals surface area contributed by atoms with Gasteiger partial charge in [-0.3, -0.25) is 0 Å². The number of carbonyl (C=O) groups excluding carboxylic acids is 1. The van der Waals surface area contributed by atoms with Crippen molar-refractivity contribution in [3.05, 3.63) is 35.9 Å². The summed E-state index contributed by atoms with van der Waals surface area (Å²) in [6, 6.07) is 6.21. The van der Waals surface area contributed by atoms with Gasteiger partial charge in [-0.25, -0.2) is 19.7 Å². The van der Waals surface area contributed by atoms with Crippen molar-refractivity contribution >= 4 is 81.3 Å². The number of aromatic nitrogens is 3. The van der Waals surface area contributed by atoms with E-state index in [0.29, 0.717) is 11.3 Å². The monoisotopic (exact) mass is 461 g/mol. The third-order valence-corrected chi connectivity index (χ3v) is 3.78. The topological polar surface area (TPSA) is 79.8 Å². The Kier molecular flexibility index (Phi) is 6.46. The van der Waals surface area contributed by atoms with Crippen molar-refractivity contribution in [1.29, 1.82) is 0 Å². The van der Waals surface area contributed by atoms with Crippen LogP contribution in [0.5, 0.6) is 0 Å². The van der Waals surface area contributed by atoms with Crippen molar-refractivity contribution < 1.29 is 4.79 Å². The molecule has 6 nitrogen and oxygen atoms in total. The van der Waals surface area contributed by atoms with Crippen molar-refractivity contribution in [1.82, 2.24) is 20.3 Å². The number of amides is 2. The van der Waals surface area contributed by atoms with Gasteiger partial charge in [-0.05, 0) is 24.3 Å². The van der Waals surface area contributed by atoms with Crippen molar-refractivity contribution in [2.75, 3.05) is 12.4 Å². The Morgan fingerprint density at radius 2 is 1.36 bits per heavy atom. The molecule has 12 heteroatoms. The smallest absolute Gasteiger partial charge is 0.318 e. The first-order valence-corrected chi connectivity index (χ1v) is 8.77. The molecule has 0 aliphatic rings. The van der Waals surface area contributed by atoms with E-state index in [1.54, 1.807) is 24.3 Å². The lowest BCUT2D eigenvalue weighted by molar-refractivity contribution is 0.254. The van der Waals surface area contributed by atoms with Crippen LogP contribution in [0.3, 0.4) is 0 Å². The molecule has 1 heterocycles. The summed E-state index contributed by atoms with van der Waals surface area (Å²) in [4.78, 5) is 23.4. The molecule has 1 aromatic heterocycles. The predicted molar refractivity (Wildman–Crippen MR) is 102 cm³/mol. The van der Waals surface area contributed by atoms with Crippen LogP contribution in [-0.4, -0.2) is 28.0 Å². The van der Waals surface area contributed by atoms with Gasteiger partial charge in [0.2, 0.25) is 7.59 Å². The summed E-state index contributed by atoms with van der Waals surface area (Å²) in [7, 11) is 1.50. The Balaban J connectivity index is 2.46. The Hall–Kier alpha value is -0.760. The quantitative estimate of drug-likeness (QED) is 0.618. The molecule has 1 aromatic carbocycles. The Morgan fingerprint density at radius 1 is 0.880 bits per heavy atom. The fourth-order valence-corrected chi connectivity index (χ4v) is 2.16. The van der Waals surface area contributed by atoms with Gasteiger partial charge in [0.25, 0.3) is 0 Å².